The Bertz CT molecular complexity index is 1070. The van der Waals surface area contributed by atoms with Gasteiger partial charge in [0, 0.05) is 38.1 Å². The molecule has 32 heavy (non-hydrogen) atoms. The first kappa shape index (κ1) is 22.8. The molecular weight excluding hydrogens is 442 g/mol. The number of thiazole rings is 1. The van der Waals surface area contributed by atoms with Crippen LogP contribution in [0.2, 0.25) is 0 Å². The third kappa shape index (κ3) is 5.88. The van der Waals surface area contributed by atoms with Gasteiger partial charge in [-0.1, -0.05) is 54.2 Å². The smallest absolute Gasteiger partial charge is 0.311 e. The summed E-state index contributed by atoms with van der Waals surface area (Å²) in [5.41, 5.74) is 2.03. The maximum absolute atomic E-state index is 12.7. The lowest BCUT2D eigenvalue weighted by atomic mass is 10.0. The molecule has 0 spiro atoms. The molecule has 3 aromatic rings. The number of nitrogens with zero attached hydrogens (tertiary/aromatic N) is 3. The van der Waals surface area contributed by atoms with Gasteiger partial charge < -0.3 is 9.64 Å². The molecule has 0 bridgehead atoms. The average molecular weight is 470 g/mol. The van der Waals surface area contributed by atoms with Gasteiger partial charge in [0.25, 0.3) is 0 Å². The number of ether oxygens (including phenoxy) is 1. The minimum Gasteiger partial charge on any atom is -0.466 e. The molecule has 1 fully saturated rings. The Morgan fingerprint density at radius 1 is 1.09 bits per heavy atom. The summed E-state index contributed by atoms with van der Waals surface area (Å²) in [5.74, 6) is 0.240. The van der Waals surface area contributed by atoms with E-state index in [-0.39, 0.29) is 18.3 Å². The molecule has 1 aliphatic rings. The average Bonchev–Trinajstić information content (AvgIpc) is 3.25. The number of aromatic nitrogens is 1. The quantitative estimate of drug-likeness (QED) is 0.369. The van der Waals surface area contributed by atoms with Crippen LogP contribution in [0, 0.1) is 0 Å². The number of carbonyl (C=O) groups is 2. The Morgan fingerprint density at radius 3 is 2.69 bits per heavy atom. The maximum Gasteiger partial charge on any atom is 0.311 e. The molecule has 0 radical (unpaired) electrons. The summed E-state index contributed by atoms with van der Waals surface area (Å²) in [5, 5.41) is 4.43. The van der Waals surface area contributed by atoms with Gasteiger partial charge in [-0.3, -0.25) is 14.5 Å². The highest BCUT2D eigenvalue weighted by Crippen LogP contribution is 2.24. The Hall–Kier alpha value is -2.42. The molecule has 4 rings (SSSR count). The molecular formula is C24H27N3O3S2. The topological polar surface area (TPSA) is 62.7 Å². The fourth-order valence-electron chi connectivity index (χ4n) is 3.84. The van der Waals surface area contributed by atoms with Crippen LogP contribution in [0.1, 0.15) is 18.2 Å². The molecule has 1 amide bonds. The van der Waals surface area contributed by atoms with Gasteiger partial charge in [0.1, 0.15) is 0 Å². The van der Waals surface area contributed by atoms with E-state index in [1.54, 1.807) is 6.92 Å². The van der Waals surface area contributed by atoms with E-state index in [9.17, 15) is 9.59 Å². The number of fused-ring (bicyclic) bond motifs is 1. The summed E-state index contributed by atoms with van der Waals surface area (Å²) in [6.45, 7) is 6.30. The highest BCUT2D eigenvalue weighted by Gasteiger charge is 2.22. The highest BCUT2D eigenvalue weighted by molar-refractivity contribution is 8.01. The second-order valence-corrected chi connectivity index (χ2v) is 9.75. The normalized spacial score (nSPS) is 14.6. The molecule has 2 aromatic carbocycles. The molecule has 0 saturated carbocycles. The summed E-state index contributed by atoms with van der Waals surface area (Å²) < 4.78 is 5.77. The van der Waals surface area contributed by atoms with Crippen molar-refractivity contribution in [1.82, 2.24) is 14.8 Å². The van der Waals surface area contributed by atoms with E-state index in [0.717, 1.165) is 37.1 Å². The lowest BCUT2D eigenvalue weighted by molar-refractivity contribution is -0.142. The molecule has 168 valence electrons. The van der Waals surface area contributed by atoms with Crippen LogP contribution in [0.4, 0.5) is 0 Å². The Balaban J connectivity index is 1.23. The molecule has 0 unspecified atom stereocenters. The van der Waals surface area contributed by atoms with Crippen LogP contribution in [0.5, 0.6) is 0 Å². The first-order chi connectivity index (χ1) is 15.6. The third-order valence-electron chi connectivity index (χ3n) is 5.48. The molecule has 1 aliphatic heterocycles. The molecule has 8 heteroatoms. The van der Waals surface area contributed by atoms with Gasteiger partial charge in [-0.15, -0.1) is 11.3 Å². The van der Waals surface area contributed by atoms with Gasteiger partial charge >= 0.3 is 5.97 Å². The highest BCUT2D eigenvalue weighted by atomic mass is 32.2. The van der Waals surface area contributed by atoms with Crippen molar-refractivity contribution in [2.45, 2.75) is 24.2 Å². The summed E-state index contributed by atoms with van der Waals surface area (Å²) in [7, 11) is 0. The second kappa shape index (κ2) is 10.9. The van der Waals surface area contributed by atoms with Crippen molar-refractivity contribution in [2.24, 2.45) is 0 Å². The van der Waals surface area contributed by atoms with Gasteiger partial charge in [-0.2, -0.15) is 0 Å². The van der Waals surface area contributed by atoms with E-state index in [2.05, 4.69) is 52.3 Å². The van der Waals surface area contributed by atoms with E-state index >= 15 is 0 Å². The Labute approximate surface area is 196 Å². The van der Waals surface area contributed by atoms with Crippen LogP contribution in [-0.2, 0) is 27.3 Å². The van der Waals surface area contributed by atoms with Crippen LogP contribution >= 0.6 is 23.1 Å². The monoisotopic (exact) mass is 469 g/mol. The van der Waals surface area contributed by atoms with Crippen LogP contribution < -0.4 is 0 Å². The fraction of sp³-hybridized carbons (Fsp3) is 0.375. The zero-order chi connectivity index (χ0) is 22.3. The summed E-state index contributed by atoms with van der Waals surface area (Å²) in [4.78, 5) is 33.0. The second-order valence-electron chi connectivity index (χ2n) is 7.67. The maximum atomic E-state index is 12.7. The van der Waals surface area contributed by atoms with Gasteiger partial charge in [-0.05, 0) is 23.3 Å². The number of benzene rings is 2. The molecule has 1 aromatic heterocycles. The molecule has 2 heterocycles. The molecule has 0 N–H and O–H groups in total. The zero-order valence-electron chi connectivity index (χ0n) is 18.2. The van der Waals surface area contributed by atoms with Crippen LogP contribution in [0.3, 0.4) is 0 Å². The van der Waals surface area contributed by atoms with Crippen LogP contribution in [-0.4, -0.2) is 65.2 Å². The number of esters is 1. The molecule has 6 nitrogen and oxygen atoms in total. The van der Waals surface area contributed by atoms with Crippen molar-refractivity contribution >= 4 is 45.7 Å². The van der Waals surface area contributed by atoms with Crippen molar-refractivity contribution in [3.05, 3.63) is 59.1 Å². The molecule has 0 aliphatic carbocycles. The summed E-state index contributed by atoms with van der Waals surface area (Å²) >= 11 is 2.90. The summed E-state index contributed by atoms with van der Waals surface area (Å²) in [6.07, 6.45) is 0.178. The number of hydrogen-bond acceptors (Lipinski definition) is 7. The number of hydrogen-bond donors (Lipinski definition) is 0. The standard InChI is InChI=1S/C24H27N3O3S2/c1-2-30-23(29)14-20-16-31-24(25-20)32-17-22(28)27-12-10-26(11-13-27)15-19-8-5-7-18-6-3-4-9-21(18)19/h3-9,16H,2,10-15,17H2,1H3. The van der Waals surface area contributed by atoms with Gasteiger partial charge in [-0.25, -0.2) is 4.98 Å². The fourth-order valence-corrected chi connectivity index (χ4v) is 5.58. The van der Waals surface area contributed by atoms with Crippen LogP contribution in [0.25, 0.3) is 10.8 Å². The van der Waals surface area contributed by atoms with Crippen molar-refractivity contribution < 1.29 is 14.3 Å². The molecule has 1 saturated heterocycles. The lowest BCUT2D eigenvalue weighted by Crippen LogP contribution is -2.48. The number of rotatable bonds is 8. The van der Waals surface area contributed by atoms with E-state index in [4.69, 9.17) is 4.74 Å². The van der Waals surface area contributed by atoms with Gasteiger partial charge in [0.15, 0.2) is 4.34 Å². The van der Waals surface area contributed by atoms with Gasteiger partial charge in [0.05, 0.1) is 24.5 Å². The van der Waals surface area contributed by atoms with Crippen molar-refractivity contribution in [2.75, 3.05) is 38.5 Å². The summed E-state index contributed by atoms with van der Waals surface area (Å²) in [6, 6.07) is 14.9. The minimum atomic E-state index is -0.271. The number of thioether (sulfide) groups is 1. The largest absolute Gasteiger partial charge is 0.466 e. The third-order valence-corrected chi connectivity index (χ3v) is 7.53. The minimum absolute atomic E-state index is 0.141. The van der Waals surface area contributed by atoms with E-state index in [0.29, 0.717) is 18.1 Å². The Morgan fingerprint density at radius 2 is 1.88 bits per heavy atom. The van der Waals surface area contributed by atoms with Crippen molar-refractivity contribution in [3.63, 3.8) is 0 Å². The first-order valence-electron chi connectivity index (χ1n) is 10.8. The van der Waals surface area contributed by atoms with E-state index < -0.39 is 0 Å². The Kier molecular flexibility index (Phi) is 7.78. The zero-order valence-corrected chi connectivity index (χ0v) is 19.8. The predicted molar refractivity (Wildman–Crippen MR) is 129 cm³/mol. The van der Waals surface area contributed by atoms with E-state index in [1.165, 1.54) is 39.4 Å². The predicted octanol–water partition coefficient (Wildman–Crippen LogP) is 3.84. The molecule has 0 atom stereocenters. The SMILES string of the molecule is CCOC(=O)Cc1csc(SCC(=O)N2CCN(Cc3cccc4ccccc34)CC2)n1. The number of piperazine rings is 1. The number of carbonyl (C=O) groups excluding carboxylic acids is 2. The lowest BCUT2D eigenvalue weighted by Gasteiger charge is -2.35. The van der Waals surface area contributed by atoms with E-state index in [1.807, 2.05) is 10.3 Å². The van der Waals surface area contributed by atoms with Crippen molar-refractivity contribution in [3.8, 4) is 0 Å². The number of amides is 1. The van der Waals surface area contributed by atoms with Crippen LogP contribution in [0.15, 0.2) is 52.2 Å². The first-order valence-corrected chi connectivity index (χ1v) is 12.7. The van der Waals surface area contributed by atoms with Crippen molar-refractivity contribution in [1.29, 1.82) is 0 Å². The van der Waals surface area contributed by atoms with Gasteiger partial charge in [0.2, 0.25) is 5.91 Å².